The Bertz CT molecular complexity index is 1970. The second-order valence-electron chi connectivity index (χ2n) is 11.4. The number of nitrogens with one attached hydrogen (secondary N) is 2. The number of benzene rings is 4. The molecule has 11 nitrogen and oxygen atoms in total. The first-order chi connectivity index (χ1) is 21.7. The maximum atomic E-state index is 13.3. The fraction of sp³-hybridized carbons (Fsp3) is 0.242. The Morgan fingerprint density at radius 3 is 1.91 bits per heavy atom. The first kappa shape index (κ1) is 32.8. The number of anilines is 3. The van der Waals surface area contributed by atoms with Gasteiger partial charge in [0.1, 0.15) is 17.3 Å². The van der Waals surface area contributed by atoms with Crippen molar-refractivity contribution >= 4 is 42.9 Å². The summed E-state index contributed by atoms with van der Waals surface area (Å²) in [4.78, 5) is 9.70. The van der Waals surface area contributed by atoms with Gasteiger partial charge in [0.05, 0.1) is 27.1 Å². The summed E-state index contributed by atoms with van der Waals surface area (Å²) in [5.41, 5.74) is 2.47. The molecule has 0 fully saturated rings. The van der Waals surface area contributed by atoms with E-state index < -0.39 is 26.3 Å². The quantitative estimate of drug-likeness (QED) is 0.218. The van der Waals surface area contributed by atoms with Gasteiger partial charge in [-0.25, -0.2) is 21.8 Å². The summed E-state index contributed by atoms with van der Waals surface area (Å²) < 4.78 is 64.4. The number of ether oxygens (including phenoxy) is 1. The third-order valence-electron chi connectivity index (χ3n) is 7.62. The Balaban J connectivity index is 0.000000985. The number of hydrogen-bond donors (Lipinski definition) is 3. The zero-order valence-corrected chi connectivity index (χ0v) is 27.6. The zero-order valence-electron chi connectivity index (χ0n) is 26.0. The third-order valence-corrected chi connectivity index (χ3v) is 10.4. The van der Waals surface area contributed by atoms with Crippen molar-refractivity contribution in [1.29, 1.82) is 0 Å². The van der Waals surface area contributed by atoms with Crippen LogP contribution in [0.15, 0.2) is 101 Å². The van der Waals surface area contributed by atoms with Crippen LogP contribution in [0.5, 0.6) is 11.5 Å². The van der Waals surface area contributed by atoms with E-state index in [1.54, 1.807) is 59.6 Å². The van der Waals surface area contributed by atoms with E-state index in [1.165, 1.54) is 50.2 Å². The molecule has 0 saturated carbocycles. The van der Waals surface area contributed by atoms with Crippen LogP contribution in [-0.4, -0.2) is 53.1 Å². The average molecular weight is 665 g/mol. The highest BCUT2D eigenvalue weighted by Crippen LogP contribution is 2.57. The fourth-order valence-electron chi connectivity index (χ4n) is 5.78. The molecule has 0 unspecified atom stereocenters. The van der Waals surface area contributed by atoms with Crippen LogP contribution in [0, 0.1) is 0 Å². The van der Waals surface area contributed by atoms with Crippen LogP contribution in [0.4, 0.5) is 17.1 Å². The van der Waals surface area contributed by atoms with Crippen LogP contribution in [0.25, 0.3) is 0 Å². The summed E-state index contributed by atoms with van der Waals surface area (Å²) in [5.74, 6) is 0.109. The highest BCUT2D eigenvalue weighted by Gasteiger charge is 2.50. The molecular weight excluding hydrogens is 629 g/mol. The summed E-state index contributed by atoms with van der Waals surface area (Å²) in [5, 5.41) is 14.7. The summed E-state index contributed by atoms with van der Waals surface area (Å²) in [6.45, 7) is 5.00. The standard InChI is InChI=1S/C30H30N4O6S2.C3H6O/c1-19-27-23-18-20(31-41(36,37)21-10-6-4-7-11-21)14-17-26(23)40-30(27)34(33(2)3)29-24(15-16-25(35)28(19)29)32-42(38,39)22-12-8-5-9-13-22;1-3(2)4/h4-19,27,30-32,35H,1-3H3;1-2H3/t19-,27+,30-;/m1./s1. The Morgan fingerprint density at radius 2 is 1.37 bits per heavy atom. The van der Waals surface area contributed by atoms with Crippen LogP contribution < -0.4 is 19.2 Å². The Hall–Kier alpha value is -4.59. The number of ketones is 1. The van der Waals surface area contributed by atoms with Crippen molar-refractivity contribution in [2.24, 2.45) is 0 Å². The van der Waals surface area contributed by atoms with Crippen molar-refractivity contribution < 1.29 is 31.5 Å². The largest absolute Gasteiger partial charge is 0.508 e. The fourth-order valence-corrected chi connectivity index (χ4v) is 7.94. The molecule has 0 bridgehead atoms. The molecule has 4 aromatic rings. The summed E-state index contributed by atoms with van der Waals surface area (Å²) in [6, 6.07) is 24.3. The van der Waals surface area contributed by atoms with Gasteiger partial charge in [-0.3, -0.25) is 14.5 Å². The molecular formula is C33H36N4O7S2. The molecule has 2 aliphatic rings. The number of phenolic OH excluding ortho intramolecular Hbond substituents is 1. The molecule has 0 saturated heterocycles. The van der Waals surface area contributed by atoms with Crippen molar-refractivity contribution in [1.82, 2.24) is 5.01 Å². The smallest absolute Gasteiger partial charge is 0.261 e. The van der Waals surface area contributed by atoms with Crippen LogP contribution in [0.2, 0.25) is 0 Å². The van der Waals surface area contributed by atoms with Gasteiger partial charge in [-0.1, -0.05) is 43.3 Å². The predicted octanol–water partition coefficient (Wildman–Crippen LogP) is 5.49. The second kappa shape index (κ2) is 12.7. The Morgan fingerprint density at radius 1 is 0.826 bits per heavy atom. The number of phenols is 1. The molecule has 2 aliphatic heterocycles. The summed E-state index contributed by atoms with van der Waals surface area (Å²) in [7, 11) is -4.13. The topological polar surface area (TPSA) is 145 Å². The van der Waals surface area contributed by atoms with Gasteiger partial charge in [0, 0.05) is 30.9 Å². The average Bonchev–Trinajstić information content (AvgIpc) is 3.37. The van der Waals surface area contributed by atoms with Crippen LogP contribution >= 0.6 is 0 Å². The number of aromatic hydroxyl groups is 1. The van der Waals surface area contributed by atoms with Crippen LogP contribution in [0.1, 0.15) is 43.7 Å². The molecule has 4 aromatic carbocycles. The number of hydrogen-bond acceptors (Lipinski definition) is 9. The zero-order chi connectivity index (χ0) is 33.4. The lowest BCUT2D eigenvalue weighted by atomic mass is 9.78. The van der Waals surface area contributed by atoms with E-state index in [1.807, 2.05) is 26.0 Å². The summed E-state index contributed by atoms with van der Waals surface area (Å²) in [6.07, 6.45) is -0.597. The number of sulfonamides is 2. The van der Waals surface area contributed by atoms with Crippen molar-refractivity contribution in [3.63, 3.8) is 0 Å². The van der Waals surface area contributed by atoms with E-state index in [0.29, 0.717) is 28.4 Å². The summed E-state index contributed by atoms with van der Waals surface area (Å²) >= 11 is 0. The normalized spacial score (nSPS) is 18.3. The minimum atomic E-state index is -3.93. The number of nitrogens with zero attached hydrogens (tertiary/aromatic N) is 2. The highest BCUT2D eigenvalue weighted by atomic mass is 32.2. The molecule has 2 heterocycles. The number of carbonyl (C=O) groups excluding carboxylic acids is 1. The first-order valence-electron chi connectivity index (χ1n) is 14.5. The number of Topliss-reactive ketones (excluding diaryl/α,β-unsaturated/α-hetero) is 1. The predicted molar refractivity (Wildman–Crippen MR) is 177 cm³/mol. The molecule has 0 aromatic heterocycles. The molecule has 0 aliphatic carbocycles. The van der Waals surface area contributed by atoms with Gasteiger partial charge in [-0.15, -0.1) is 0 Å². The van der Waals surface area contributed by atoms with Gasteiger partial charge in [-0.05, 0) is 74.4 Å². The molecule has 3 N–H and O–H groups in total. The highest BCUT2D eigenvalue weighted by molar-refractivity contribution is 7.93. The minimum Gasteiger partial charge on any atom is -0.508 e. The van der Waals surface area contributed by atoms with Gasteiger partial charge < -0.3 is 14.6 Å². The van der Waals surface area contributed by atoms with Crippen molar-refractivity contribution in [2.75, 3.05) is 28.5 Å². The number of carbonyl (C=O) groups is 1. The minimum absolute atomic E-state index is 0.0137. The third kappa shape index (κ3) is 6.39. The van der Waals surface area contributed by atoms with E-state index in [9.17, 15) is 26.7 Å². The maximum Gasteiger partial charge on any atom is 0.261 e. The monoisotopic (exact) mass is 664 g/mol. The maximum absolute atomic E-state index is 13.3. The molecule has 0 radical (unpaired) electrons. The number of rotatable bonds is 7. The van der Waals surface area contributed by atoms with Crippen molar-refractivity contribution in [3.05, 3.63) is 102 Å². The van der Waals surface area contributed by atoms with Crippen LogP contribution in [-0.2, 0) is 24.8 Å². The molecule has 46 heavy (non-hydrogen) atoms. The van der Waals surface area contributed by atoms with Gasteiger partial charge in [0.15, 0.2) is 6.23 Å². The molecule has 0 spiro atoms. The lowest BCUT2D eigenvalue weighted by Crippen LogP contribution is -2.53. The van der Waals surface area contributed by atoms with Crippen molar-refractivity contribution in [2.45, 2.75) is 48.6 Å². The number of fused-ring (bicyclic) bond motifs is 4. The van der Waals surface area contributed by atoms with Crippen LogP contribution in [0.3, 0.4) is 0 Å². The lowest BCUT2D eigenvalue weighted by Gasteiger charge is -2.46. The SMILES string of the molecule is CC(C)=O.C[C@H]1c2c(O)ccc(NS(=O)(=O)c3ccccc3)c2N(N(C)C)[C@@H]2Oc3ccc(NS(=O)(=O)c4ccccc4)cc3[C@@H]21. The lowest BCUT2D eigenvalue weighted by molar-refractivity contribution is -0.115. The van der Waals surface area contributed by atoms with E-state index in [4.69, 9.17) is 4.74 Å². The van der Waals surface area contributed by atoms with E-state index in [2.05, 4.69) is 9.44 Å². The van der Waals surface area contributed by atoms with E-state index in [-0.39, 0.29) is 33.2 Å². The first-order valence-corrected chi connectivity index (χ1v) is 17.4. The number of hydrazine groups is 1. The Labute approximate surface area is 269 Å². The van der Waals surface area contributed by atoms with Gasteiger partial charge >= 0.3 is 0 Å². The van der Waals surface area contributed by atoms with Gasteiger partial charge in [0.25, 0.3) is 20.0 Å². The molecule has 3 atom stereocenters. The molecule has 0 amide bonds. The molecule has 242 valence electrons. The second-order valence-corrected chi connectivity index (χ2v) is 14.8. The Kier molecular flexibility index (Phi) is 9.03. The molecule has 6 rings (SSSR count). The van der Waals surface area contributed by atoms with E-state index >= 15 is 0 Å². The molecule has 13 heteroatoms. The van der Waals surface area contributed by atoms with Gasteiger partial charge in [-0.2, -0.15) is 0 Å². The van der Waals surface area contributed by atoms with Gasteiger partial charge in [0.2, 0.25) is 0 Å². The van der Waals surface area contributed by atoms with E-state index in [0.717, 1.165) is 5.56 Å². The van der Waals surface area contributed by atoms with Crippen molar-refractivity contribution in [3.8, 4) is 11.5 Å².